The number of carbonyl (C=O) groups is 2. The van der Waals surface area contributed by atoms with Gasteiger partial charge in [0.15, 0.2) is 0 Å². The number of nitrogens with one attached hydrogen (secondary N) is 1. The Labute approximate surface area is 140 Å². The van der Waals surface area contributed by atoms with Crippen molar-refractivity contribution >= 4 is 17.5 Å². The van der Waals surface area contributed by atoms with Gasteiger partial charge in [0.1, 0.15) is 6.17 Å². The summed E-state index contributed by atoms with van der Waals surface area (Å²) in [5, 5.41) is 13.1. The predicted octanol–water partition coefficient (Wildman–Crippen LogP) is 0.495. The number of halogens is 1. The lowest BCUT2D eigenvalue weighted by Crippen LogP contribution is -2.39. The predicted molar refractivity (Wildman–Crippen MR) is 86.9 cm³/mol. The molecule has 2 heterocycles. The Bertz CT molecular complexity index is 611. The number of nitrogen functional groups attached to an aromatic ring is 1. The minimum atomic E-state index is -1.19. The topological polar surface area (TPSA) is 109 Å². The van der Waals surface area contributed by atoms with E-state index in [1.807, 2.05) is 0 Å². The molecule has 0 aromatic carbocycles. The largest absolute Gasteiger partial charge is 0.397 e. The fourth-order valence-electron chi connectivity index (χ4n) is 2.75. The van der Waals surface area contributed by atoms with E-state index in [0.29, 0.717) is 30.6 Å². The Balaban J connectivity index is 1.84. The van der Waals surface area contributed by atoms with Crippen molar-refractivity contribution in [1.82, 2.24) is 15.2 Å². The molecule has 1 aromatic heterocycles. The van der Waals surface area contributed by atoms with E-state index < -0.39 is 11.8 Å². The van der Waals surface area contributed by atoms with E-state index in [4.69, 9.17) is 5.73 Å². The first-order valence-corrected chi connectivity index (χ1v) is 7.92. The fraction of sp³-hybridized carbons (Fsp3) is 0.562. The van der Waals surface area contributed by atoms with Gasteiger partial charge in [0.2, 0.25) is 5.91 Å². The van der Waals surface area contributed by atoms with Crippen LogP contribution in [0.15, 0.2) is 18.5 Å². The summed E-state index contributed by atoms with van der Waals surface area (Å²) in [4.78, 5) is 29.2. The number of β-amino-alcohol motifs (C(OH)–C–C–N with tert-alkyl or cyclic N) is 1. The van der Waals surface area contributed by atoms with Crippen molar-refractivity contribution in [3.63, 3.8) is 0 Å². The van der Waals surface area contributed by atoms with E-state index in [1.165, 1.54) is 19.3 Å². The molecule has 0 saturated carbocycles. The van der Waals surface area contributed by atoms with Crippen LogP contribution in [-0.4, -0.2) is 58.2 Å². The van der Waals surface area contributed by atoms with Crippen molar-refractivity contribution in [3.05, 3.63) is 24.0 Å². The number of nitrogens with two attached hydrogens (primary N) is 1. The van der Waals surface area contributed by atoms with E-state index in [0.717, 1.165) is 0 Å². The van der Waals surface area contributed by atoms with Gasteiger partial charge >= 0.3 is 0 Å². The van der Waals surface area contributed by atoms with Gasteiger partial charge in [-0.25, -0.2) is 4.39 Å². The molecule has 2 unspecified atom stereocenters. The van der Waals surface area contributed by atoms with Crippen LogP contribution >= 0.6 is 0 Å². The van der Waals surface area contributed by atoms with Crippen LogP contribution in [0.5, 0.6) is 0 Å². The zero-order valence-electron chi connectivity index (χ0n) is 13.7. The SMILES string of the molecule is CC(F)CC(=O)NCCC1(O)CCN(C(=O)c2cncc(N)c2)C1. The van der Waals surface area contributed by atoms with Gasteiger partial charge in [-0.2, -0.15) is 0 Å². The van der Waals surface area contributed by atoms with Crippen LogP contribution in [0.1, 0.15) is 36.5 Å². The number of carbonyl (C=O) groups excluding carboxylic acids is 2. The molecule has 1 aliphatic heterocycles. The highest BCUT2D eigenvalue weighted by atomic mass is 19.1. The smallest absolute Gasteiger partial charge is 0.255 e. The van der Waals surface area contributed by atoms with Crippen LogP contribution in [0, 0.1) is 0 Å². The summed E-state index contributed by atoms with van der Waals surface area (Å²) in [5.41, 5.74) is 5.35. The van der Waals surface area contributed by atoms with Crippen molar-refractivity contribution in [2.24, 2.45) is 0 Å². The summed E-state index contributed by atoms with van der Waals surface area (Å²) in [6.45, 7) is 2.15. The number of anilines is 1. The summed E-state index contributed by atoms with van der Waals surface area (Å²) >= 11 is 0. The van der Waals surface area contributed by atoms with Crippen molar-refractivity contribution < 1.29 is 19.1 Å². The molecule has 0 spiro atoms. The Morgan fingerprint density at radius 2 is 2.29 bits per heavy atom. The summed E-state index contributed by atoms with van der Waals surface area (Å²) in [6.07, 6.45) is 2.24. The minimum Gasteiger partial charge on any atom is -0.397 e. The van der Waals surface area contributed by atoms with Crippen LogP contribution < -0.4 is 11.1 Å². The second-order valence-electron chi connectivity index (χ2n) is 6.29. The van der Waals surface area contributed by atoms with Gasteiger partial charge < -0.3 is 21.1 Å². The van der Waals surface area contributed by atoms with Crippen LogP contribution in [0.25, 0.3) is 0 Å². The van der Waals surface area contributed by atoms with Crippen LogP contribution in [-0.2, 0) is 4.79 Å². The number of nitrogens with zero attached hydrogens (tertiary/aromatic N) is 2. The molecule has 1 aliphatic rings. The molecule has 2 amide bonds. The number of rotatable bonds is 6. The molecule has 0 radical (unpaired) electrons. The number of hydrogen-bond acceptors (Lipinski definition) is 5. The Morgan fingerprint density at radius 3 is 2.96 bits per heavy atom. The maximum absolute atomic E-state index is 12.7. The normalized spacial score (nSPS) is 21.5. The molecule has 1 aromatic rings. The lowest BCUT2D eigenvalue weighted by atomic mass is 9.99. The molecule has 0 aliphatic carbocycles. The number of aromatic nitrogens is 1. The zero-order valence-corrected chi connectivity index (χ0v) is 13.7. The standard InChI is InChI=1S/C16H23FN4O3/c1-11(17)6-14(22)20-4-2-16(24)3-5-21(10-16)15(23)12-7-13(18)9-19-8-12/h7-9,11,24H,2-6,10,18H2,1H3,(H,20,22). The molecule has 7 nitrogen and oxygen atoms in total. The molecule has 1 fully saturated rings. The second-order valence-corrected chi connectivity index (χ2v) is 6.29. The minimum absolute atomic E-state index is 0.177. The monoisotopic (exact) mass is 338 g/mol. The van der Waals surface area contributed by atoms with Crippen molar-refractivity contribution in [3.8, 4) is 0 Å². The molecular formula is C16H23FN4O3. The van der Waals surface area contributed by atoms with Crippen LogP contribution in [0.4, 0.5) is 10.1 Å². The number of aliphatic hydroxyl groups is 1. The van der Waals surface area contributed by atoms with Gasteiger partial charge in [-0.3, -0.25) is 14.6 Å². The van der Waals surface area contributed by atoms with Crippen LogP contribution in [0.2, 0.25) is 0 Å². The third-order valence-electron chi connectivity index (χ3n) is 4.01. The first-order chi connectivity index (χ1) is 11.3. The van der Waals surface area contributed by atoms with Gasteiger partial charge in [0.25, 0.3) is 5.91 Å². The highest BCUT2D eigenvalue weighted by Crippen LogP contribution is 2.25. The summed E-state index contributed by atoms with van der Waals surface area (Å²) in [5.74, 6) is -0.619. The lowest BCUT2D eigenvalue weighted by molar-refractivity contribution is -0.122. The van der Waals surface area contributed by atoms with Crippen LogP contribution in [0.3, 0.4) is 0 Å². The molecule has 24 heavy (non-hydrogen) atoms. The average Bonchev–Trinajstić information content (AvgIpc) is 2.88. The first-order valence-electron chi connectivity index (χ1n) is 7.92. The molecule has 2 atom stereocenters. The molecule has 0 bridgehead atoms. The number of hydrogen-bond donors (Lipinski definition) is 3. The highest BCUT2D eigenvalue weighted by Gasteiger charge is 2.38. The second kappa shape index (κ2) is 7.57. The Hall–Kier alpha value is -2.22. The van der Waals surface area contributed by atoms with Gasteiger partial charge in [-0.05, 0) is 25.8 Å². The van der Waals surface area contributed by atoms with Gasteiger partial charge in [-0.15, -0.1) is 0 Å². The number of likely N-dealkylation sites (tertiary alicyclic amines) is 1. The fourth-order valence-corrected chi connectivity index (χ4v) is 2.75. The number of alkyl halides is 1. The summed E-state index contributed by atoms with van der Waals surface area (Å²) in [7, 11) is 0. The first kappa shape index (κ1) is 18.1. The van der Waals surface area contributed by atoms with Gasteiger partial charge in [0, 0.05) is 32.0 Å². The van der Waals surface area contributed by atoms with Crippen molar-refractivity contribution in [2.75, 3.05) is 25.4 Å². The molecule has 4 N–H and O–H groups in total. The number of amides is 2. The molecular weight excluding hydrogens is 315 g/mol. The maximum Gasteiger partial charge on any atom is 0.255 e. The van der Waals surface area contributed by atoms with E-state index in [1.54, 1.807) is 11.0 Å². The van der Waals surface area contributed by atoms with E-state index >= 15 is 0 Å². The highest BCUT2D eigenvalue weighted by molar-refractivity contribution is 5.94. The van der Waals surface area contributed by atoms with E-state index in [2.05, 4.69) is 10.3 Å². The molecule has 132 valence electrons. The molecule has 8 heteroatoms. The van der Waals surface area contributed by atoms with Crippen molar-refractivity contribution in [2.45, 2.75) is 38.0 Å². The summed E-state index contributed by atoms with van der Waals surface area (Å²) in [6, 6.07) is 1.55. The van der Waals surface area contributed by atoms with E-state index in [-0.39, 0.29) is 31.3 Å². The molecule has 1 saturated heterocycles. The Kier molecular flexibility index (Phi) is 5.71. The quantitative estimate of drug-likeness (QED) is 0.700. The average molecular weight is 338 g/mol. The van der Waals surface area contributed by atoms with Crippen molar-refractivity contribution in [1.29, 1.82) is 0 Å². The number of pyridine rings is 1. The van der Waals surface area contributed by atoms with Gasteiger partial charge in [0.05, 0.1) is 23.3 Å². The Morgan fingerprint density at radius 1 is 1.54 bits per heavy atom. The van der Waals surface area contributed by atoms with E-state index in [9.17, 15) is 19.1 Å². The third-order valence-corrected chi connectivity index (χ3v) is 4.01. The van der Waals surface area contributed by atoms with Gasteiger partial charge in [-0.1, -0.05) is 0 Å². The maximum atomic E-state index is 12.7. The zero-order chi connectivity index (χ0) is 17.7. The third kappa shape index (κ3) is 4.89. The summed E-state index contributed by atoms with van der Waals surface area (Å²) < 4.78 is 12.7. The molecule has 2 rings (SSSR count). The lowest BCUT2D eigenvalue weighted by Gasteiger charge is -2.23.